The maximum Gasteiger partial charge on any atom is 0.254 e. The van der Waals surface area contributed by atoms with Gasteiger partial charge in [0.15, 0.2) is 12.4 Å². The van der Waals surface area contributed by atoms with E-state index in [0.29, 0.717) is 46.5 Å². The number of hydrogen-bond acceptors (Lipinski definition) is 7. The van der Waals surface area contributed by atoms with Crippen LogP contribution in [0.4, 0.5) is 0 Å². The number of nitrogens with zero attached hydrogens (tertiary/aromatic N) is 5. The quantitative estimate of drug-likeness (QED) is 0.296. The molecular formula is C35H34N6O4. The van der Waals surface area contributed by atoms with Crippen LogP contribution in [0.5, 0.6) is 11.5 Å². The average Bonchev–Trinajstić information content (AvgIpc) is 3.26. The molecule has 10 nitrogen and oxygen atoms in total. The second-order valence-corrected chi connectivity index (χ2v) is 13.1. The molecule has 0 radical (unpaired) electrons. The second-order valence-electron chi connectivity index (χ2n) is 13.1. The van der Waals surface area contributed by atoms with E-state index in [1.54, 1.807) is 7.11 Å². The number of rotatable bonds is 6. The third-order valence-electron chi connectivity index (χ3n) is 10.4. The molecule has 9 rings (SSSR count). The molecule has 5 heterocycles. The molecule has 3 unspecified atom stereocenters. The average molecular weight is 603 g/mol. The highest BCUT2D eigenvalue weighted by atomic mass is 16.5. The smallest absolute Gasteiger partial charge is 0.254 e. The Hall–Kier alpha value is -4.70. The Bertz CT molecular complexity index is 2070. The van der Waals surface area contributed by atoms with E-state index in [-0.39, 0.29) is 30.4 Å². The Morgan fingerprint density at radius 2 is 1.93 bits per heavy atom. The molecule has 2 aromatic carbocycles. The first-order valence-electron chi connectivity index (χ1n) is 15.8. The van der Waals surface area contributed by atoms with Gasteiger partial charge in [0.2, 0.25) is 5.78 Å². The fraction of sp³-hybridized carbons (Fsp3) is 0.371. The normalized spacial score (nSPS) is 22.1. The van der Waals surface area contributed by atoms with Gasteiger partial charge in [0.1, 0.15) is 22.7 Å². The predicted molar refractivity (Wildman–Crippen MR) is 170 cm³/mol. The molecule has 2 saturated carbocycles. The highest BCUT2D eigenvalue weighted by Crippen LogP contribution is 2.40. The minimum absolute atomic E-state index is 0.00531. The second kappa shape index (κ2) is 9.65. The zero-order chi connectivity index (χ0) is 30.6. The summed E-state index contributed by atoms with van der Waals surface area (Å²) in [5, 5.41) is 1.03. The van der Waals surface area contributed by atoms with Crippen molar-refractivity contribution in [2.24, 2.45) is 24.6 Å². The van der Waals surface area contributed by atoms with Crippen molar-refractivity contribution in [2.75, 3.05) is 20.3 Å². The first-order valence-corrected chi connectivity index (χ1v) is 15.8. The molecule has 2 N–H and O–H groups in total. The molecule has 1 amide bonds. The Kier molecular flexibility index (Phi) is 5.72. The van der Waals surface area contributed by atoms with Crippen molar-refractivity contribution in [2.45, 2.75) is 44.3 Å². The van der Waals surface area contributed by atoms with E-state index in [9.17, 15) is 9.59 Å². The standard InChI is InChI=1S/C35H34N6O4/c1-39-32-25(11-22(14-30(32)44-2)35(43)41-16-21-7-10-26(41)31(21)36)38-34(39)27-12-20-6-9-24(37-33(20)40(27)15-18-3-4-18)19-5-8-23-28(42)17-45-29(23)13-19/h5-6,8-9,11-14,18,21,26,31H,3-4,7,10,15-17,36H2,1-2H3. The Morgan fingerprint density at radius 3 is 2.69 bits per heavy atom. The Labute approximate surface area is 259 Å². The molecule has 10 heteroatoms. The molecular weight excluding hydrogens is 568 g/mol. The van der Waals surface area contributed by atoms with E-state index in [4.69, 9.17) is 25.2 Å². The summed E-state index contributed by atoms with van der Waals surface area (Å²) in [6.07, 6.45) is 4.44. The lowest BCUT2D eigenvalue weighted by Gasteiger charge is -2.27. The number of carbonyl (C=O) groups excluding carboxylic acids is 2. The van der Waals surface area contributed by atoms with Crippen LogP contribution in [0.1, 0.15) is 46.4 Å². The number of hydrogen-bond donors (Lipinski definition) is 1. The monoisotopic (exact) mass is 602 g/mol. The van der Waals surface area contributed by atoms with Crippen LogP contribution in [0.25, 0.3) is 44.8 Å². The van der Waals surface area contributed by atoms with Crippen molar-refractivity contribution in [3.05, 3.63) is 59.7 Å². The summed E-state index contributed by atoms with van der Waals surface area (Å²) >= 11 is 0. The molecule has 0 spiro atoms. The lowest BCUT2D eigenvalue weighted by atomic mass is 10.1. The van der Waals surface area contributed by atoms with Gasteiger partial charge in [-0.25, -0.2) is 9.97 Å². The van der Waals surface area contributed by atoms with Crippen LogP contribution in [0.15, 0.2) is 48.5 Å². The summed E-state index contributed by atoms with van der Waals surface area (Å²) in [5.41, 5.74) is 12.8. The summed E-state index contributed by atoms with van der Waals surface area (Å²) < 4.78 is 15.8. The fourth-order valence-corrected chi connectivity index (χ4v) is 7.74. The van der Waals surface area contributed by atoms with E-state index in [0.717, 1.165) is 58.7 Å². The van der Waals surface area contributed by atoms with Gasteiger partial charge in [-0.1, -0.05) is 6.07 Å². The number of carbonyl (C=O) groups is 2. The van der Waals surface area contributed by atoms with Crippen molar-refractivity contribution in [1.29, 1.82) is 0 Å². The number of nitrogens with two attached hydrogens (primary N) is 1. The number of pyridine rings is 1. The molecule has 3 fully saturated rings. The zero-order valence-electron chi connectivity index (χ0n) is 25.3. The third kappa shape index (κ3) is 4.04. The van der Waals surface area contributed by atoms with Crippen molar-refractivity contribution in [3.8, 4) is 34.3 Å². The van der Waals surface area contributed by atoms with Gasteiger partial charge in [-0.3, -0.25) is 9.59 Å². The third-order valence-corrected chi connectivity index (χ3v) is 10.4. The van der Waals surface area contributed by atoms with Gasteiger partial charge in [-0.15, -0.1) is 0 Å². The summed E-state index contributed by atoms with van der Waals surface area (Å²) in [5.74, 6) is 3.00. The molecule has 228 valence electrons. The van der Waals surface area contributed by atoms with Gasteiger partial charge < -0.3 is 29.2 Å². The van der Waals surface area contributed by atoms with Crippen LogP contribution in [-0.4, -0.2) is 68.0 Å². The van der Waals surface area contributed by atoms with E-state index < -0.39 is 0 Å². The highest BCUT2D eigenvalue weighted by molar-refractivity contribution is 6.03. The molecule has 2 aliphatic carbocycles. The number of methoxy groups -OCH3 is 1. The van der Waals surface area contributed by atoms with Crippen LogP contribution in [0.2, 0.25) is 0 Å². The minimum Gasteiger partial charge on any atom is -0.494 e. The number of piperidine rings is 1. The SMILES string of the molecule is COc1cc(C(=O)N2CC3CCC2C3N)cc2nc(-c3cc4ccc(-c5ccc6c(c5)OCC6=O)nc4n3CC3CC3)n(C)c12. The maximum atomic E-state index is 13.7. The van der Waals surface area contributed by atoms with Crippen LogP contribution in [-0.2, 0) is 13.6 Å². The van der Waals surface area contributed by atoms with E-state index in [1.807, 2.05) is 48.3 Å². The van der Waals surface area contributed by atoms with Crippen LogP contribution >= 0.6 is 0 Å². The minimum atomic E-state index is -0.00838. The van der Waals surface area contributed by atoms with Crippen LogP contribution in [0, 0.1) is 11.8 Å². The van der Waals surface area contributed by atoms with Gasteiger partial charge >= 0.3 is 0 Å². The number of aryl methyl sites for hydroxylation is 1. The van der Waals surface area contributed by atoms with E-state index in [2.05, 4.69) is 21.3 Å². The summed E-state index contributed by atoms with van der Waals surface area (Å²) in [4.78, 5) is 38.0. The fourth-order valence-electron chi connectivity index (χ4n) is 7.74. The maximum absolute atomic E-state index is 13.7. The van der Waals surface area contributed by atoms with Crippen molar-refractivity contribution in [1.82, 2.24) is 24.0 Å². The number of likely N-dealkylation sites (tertiary alicyclic amines) is 1. The highest BCUT2D eigenvalue weighted by Gasteiger charge is 2.47. The molecule has 1 saturated heterocycles. The lowest BCUT2D eigenvalue weighted by molar-refractivity contribution is 0.0700. The van der Waals surface area contributed by atoms with Crippen LogP contribution in [0.3, 0.4) is 0 Å². The summed E-state index contributed by atoms with van der Waals surface area (Å²) in [6.45, 7) is 1.65. The number of fused-ring (bicyclic) bond motifs is 5. The molecule has 2 aliphatic heterocycles. The van der Waals surface area contributed by atoms with Crippen molar-refractivity contribution < 1.29 is 19.1 Å². The van der Waals surface area contributed by atoms with Gasteiger partial charge in [0.05, 0.1) is 29.6 Å². The van der Waals surface area contributed by atoms with Crippen molar-refractivity contribution >= 4 is 33.8 Å². The van der Waals surface area contributed by atoms with Gasteiger partial charge in [-0.2, -0.15) is 0 Å². The molecule has 45 heavy (non-hydrogen) atoms. The lowest BCUT2D eigenvalue weighted by Crippen LogP contribution is -2.41. The predicted octanol–water partition coefficient (Wildman–Crippen LogP) is 4.81. The number of benzene rings is 2. The number of ether oxygens (including phenoxy) is 2. The van der Waals surface area contributed by atoms with Crippen molar-refractivity contribution in [3.63, 3.8) is 0 Å². The number of Topliss-reactive ketones (excluding diaryl/α,β-unsaturated/α-hetero) is 1. The van der Waals surface area contributed by atoms with Gasteiger partial charge in [0, 0.05) is 48.7 Å². The number of aromatic nitrogens is 4. The number of ketones is 1. The zero-order valence-corrected chi connectivity index (χ0v) is 25.3. The Morgan fingerprint density at radius 1 is 1.07 bits per heavy atom. The molecule has 5 aromatic rings. The topological polar surface area (TPSA) is 118 Å². The Balaban J connectivity index is 1.15. The van der Waals surface area contributed by atoms with E-state index in [1.165, 1.54) is 12.8 Å². The molecule has 3 atom stereocenters. The van der Waals surface area contributed by atoms with Gasteiger partial charge in [0.25, 0.3) is 5.91 Å². The first kappa shape index (κ1) is 26.7. The van der Waals surface area contributed by atoms with Gasteiger partial charge in [-0.05, 0) is 80.0 Å². The van der Waals surface area contributed by atoms with E-state index >= 15 is 0 Å². The summed E-state index contributed by atoms with van der Waals surface area (Å²) in [6, 6.07) is 15.8. The number of imidazole rings is 1. The first-order chi connectivity index (χ1) is 21.9. The number of amides is 1. The summed E-state index contributed by atoms with van der Waals surface area (Å²) in [7, 11) is 3.63. The largest absolute Gasteiger partial charge is 0.494 e. The van der Waals surface area contributed by atoms with Crippen LogP contribution < -0.4 is 15.2 Å². The molecule has 3 aromatic heterocycles. The molecule has 4 aliphatic rings. The molecule has 2 bridgehead atoms.